The summed E-state index contributed by atoms with van der Waals surface area (Å²) in [6, 6.07) is 3.83. The molecule has 0 aliphatic carbocycles. The third-order valence-electron chi connectivity index (χ3n) is 1.19. The number of rotatable bonds is 1. The fraction of sp³-hybridized carbons (Fsp3) is 0.143. The standard InChI is InChI=1S/C7H6F2S/c8-4-5-3-6(9)1-2-7(5)10/h1-3,10H,4H2. The smallest absolute Gasteiger partial charge is 0.123 e. The minimum Gasteiger partial charge on any atom is -0.246 e. The largest absolute Gasteiger partial charge is 0.246 e. The van der Waals surface area contributed by atoms with Gasteiger partial charge in [0.2, 0.25) is 0 Å². The van der Waals surface area contributed by atoms with E-state index in [4.69, 9.17) is 0 Å². The molecule has 0 aliphatic rings. The number of thiol groups is 1. The first-order valence-corrected chi connectivity index (χ1v) is 3.22. The summed E-state index contributed by atoms with van der Waals surface area (Å²) in [5, 5.41) is 0. The molecule has 0 bridgehead atoms. The van der Waals surface area contributed by atoms with Gasteiger partial charge in [0.15, 0.2) is 0 Å². The summed E-state index contributed by atoms with van der Waals surface area (Å²) in [6.07, 6.45) is 0. The third kappa shape index (κ3) is 1.48. The number of hydrogen-bond acceptors (Lipinski definition) is 1. The van der Waals surface area contributed by atoms with Crippen molar-refractivity contribution >= 4 is 12.6 Å². The predicted octanol–water partition coefficient (Wildman–Crippen LogP) is 2.58. The Morgan fingerprint density at radius 1 is 1.40 bits per heavy atom. The van der Waals surface area contributed by atoms with Crippen molar-refractivity contribution in [1.29, 1.82) is 0 Å². The molecule has 1 rings (SSSR count). The van der Waals surface area contributed by atoms with Crippen LogP contribution >= 0.6 is 12.6 Å². The van der Waals surface area contributed by atoms with Gasteiger partial charge < -0.3 is 0 Å². The number of benzene rings is 1. The topological polar surface area (TPSA) is 0 Å². The van der Waals surface area contributed by atoms with Gasteiger partial charge in [-0.1, -0.05) is 0 Å². The van der Waals surface area contributed by atoms with E-state index in [9.17, 15) is 8.78 Å². The summed E-state index contributed by atoms with van der Waals surface area (Å²) in [7, 11) is 0. The van der Waals surface area contributed by atoms with Crippen molar-refractivity contribution in [3.05, 3.63) is 29.6 Å². The molecule has 0 aliphatic heterocycles. The van der Waals surface area contributed by atoms with Crippen LogP contribution in [0.25, 0.3) is 0 Å². The highest BCUT2D eigenvalue weighted by molar-refractivity contribution is 7.80. The highest BCUT2D eigenvalue weighted by Gasteiger charge is 1.98. The van der Waals surface area contributed by atoms with Crippen molar-refractivity contribution in [2.45, 2.75) is 11.6 Å². The van der Waals surface area contributed by atoms with Crippen LogP contribution in [0.2, 0.25) is 0 Å². The van der Waals surface area contributed by atoms with Crippen LogP contribution in [0.15, 0.2) is 23.1 Å². The molecular weight excluding hydrogens is 154 g/mol. The Labute approximate surface area is 63.3 Å². The van der Waals surface area contributed by atoms with Gasteiger partial charge in [0, 0.05) is 4.90 Å². The van der Waals surface area contributed by atoms with Crippen LogP contribution in [0.5, 0.6) is 0 Å². The molecular formula is C7H6F2S. The highest BCUT2D eigenvalue weighted by atomic mass is 32.1. The summed E-state index contributed by atoms with van der Waals surface area (Å²) in [6.45, 7) is -0.670. The van der Waals surface area contributed by atoms with Crippen LogP contribution in [0.3, 0.4) is 0 Å². The first kappa shape index (κ1) is 7.54. The van der Waals surface area contributed by atoms with Crippen LogP contribution in [0.4, 0.5) is 8.78 Å². The monoisotopic (exact) mass is 160 g/mol. The van der Waals surface area contributed by atoms with Gasteiger partial charge in [0.1, 0.15) is 12.5 Å². The molecule has 0 heterocycles. The van der Waals surface area contributed by atoms with Gasteiger partial charge in [-0.05, 0) is 23.8 Å². The lowest BCUT2D eigenvalue weighted by molar-refractivity contribution is 0.477. The van der Waals surface area contributed by atoms with E-state index in [1.54, 1.807) is 0 Å². The molecule has 0 saturated carbocycles. The molecule has 0 atom stereocenters. The molecule has 10 heavy (non-hydrogen) atoms. The first-order valence-electron chi connectivity index (χ1n) is 2.77. The Hall–Kier alpha value is -0.570. The van der Waals surface area contributed by atoms with E-state index in [1.165, 1.54) is 12.1 Å². The van der Waals surface area contributed by atoms with Crippen molar-refractivity contribution in [1.82, 2.24) is 0 Å². The molecule has 0 N–H and O–H groups in total. The molecule has 0 amide bonds. The Bertz CT molecular complexity index is 235. The lowest BCUT2D eigenvalue weighted by atomic mass is 10.2. The summed E-state index contributed by atoms with van der Waals surface area (Å²) in [4.78, 5) is 0.490. The minimum absolute atomic E-state index is 0.295. The number of hydrogen-bond donors (Lipinski definition) is 1. The predicted molar refractivity (Wildman–Crippen MR) is 38.5 cm³/mol. The van der Waals surface area contributed by atoms with Crippen molar-refractivity contribution in [2.75, 3.05) is 0 Å². The Morgan fingerprint density at radius 3 is 2.60 bits per heavy atom. The maximum Gasteiger partial charge on any atom is 0.123 e. The van der Waals surface area contributed by atoms with E-state index in [0.717, 1.165) is 6.07 Å². The van der Waals surface area contributed by atoms with Crippen LogP contribution in [-0.2, 0) is 6.67 Å². The van der Waals surface area contributed by atoms with E-state index in [-0.39, 0.29) is 0 Å². The van der Waals surface area contributed by atoms with Crippen LogP contribution in [0, 0.1) is 5.82 Å². The van der Waals surface area contributed by atoms with Gasteiger partial charge in [0.05, 0.1) is 0 Å². The molecule has 0 fully saturated rings. The van der Waals surface area contributed by atoms with E-state index >= 15 is 0 Å². The fourth-order valence-corrected chi connectivity index (χ4v) is 0.860. The fourth-order valence-electron chi connectivity index (χ4n) is 0.661. The van der Waals surface area contributed by atoms with Crippen LogP contribution in [-0.4, -0.2) is 0 Å². The molecule has 0 unspecified atom stereocenters. The van der Waals surface area contributed by atoms with Gasteiger partial charge in [-0.25, -0.2) is 8.78 Å². The average molecular weight is 160 g/mol. The zero-order chi connectivity index (χ0) is 7.56. The Kier molecular flexibility index (Phi) is 2.27. The molecule has 1 aromatic carbocycles. The summed E-state index contributed by atoms with van der Waals surface area (Å²) in [5.41, 5.74) is 0.295. The summed E-state index contributed by atoms with van der Waals surface area (Å²) < 4.78 is 24.3. The van der Waals surface area contributed by atoms with E-state index in [0.29, 0.717) is 10.5 Å². The number of halogens is 2. The Morgan fingerprint density at radius 2 is 2.10 bits per heavy atom. The maximum atomic E-state index is 12.3. The second-order valence-electron chi connectivity index (χ2n) is 1.91. The molecule has 0 radical (unpaired) electrons. The molecule has 0 spiro atoms. The van der Waals surface area contributed by atoms with Crippen molar-refractivity contribution < 1.29 is 8.78 Å². The lowest BCUT2D eigenvalue weighted by Crippen LogP contribution is -1.83. The van der Waals surface area contributed by atoms with Crippen molar-refractivity contribution in [3.8, 4) is 0 Å². The Balaban J connectivity index is 3.09. The van der Waals surface area contributed by atoms with E-state index in [2.05, 4.69) is 12.6 Å². The number of alkyl halides is 1. The zero-order valence-corrected chi connectivity index (χ0v) is 6.04. The van der Waals surface area contributed by atoms with Gasteiger partial charge in [-0.15, -0.1) is 12.6 Å². The molecule has 0 nitrogen and oxygen atoms in total. The second kappa shape index (κ2) is 3.01. The lowest BCUT2D eigenvalue weighted by Gasteiger charge is -1.97. The molecule has 0 saturated heterocycles. The van der Waals surface area contributed by atoms with E-state index in [1.807, 2.05) is 0 Å². The first-order chi connectivity index (χ1) is 4.74. The van der Waals surface area contributed by atoms with E-state index < -0.39 is 12.5 Å². The minimum atomic E-state index is -0.670. The molecule has 54 valence electrons. The summed E-state index contributed by atoms with van der Waals surface area (Å²) in [5.74, 6) is -0.426. The third-order valence-corrected chi connectivity index (χ3v) is 1.62. The highest BCUT2D eigenvalue weighted by Crippen LogP contribution is 2.15. The normalized spacial score (nSPS) is 9.90. The second-order valence-corrected chi connectivity index (χ2v) is 2.39. The van der Waals surface area contributed by atoms with Crippen molar-refractivity contribution in [2.24, 2.45) is 0 Å². The van der Waals surface area contributed by atoms with Gasteiger partial charge in [0.25, 0.3) is 0 Å². The molecule has 1 aromatic rings. The van der Waals surface area contributed by atoms with Gasteiger partial charge >= 0.3 is 0 Å². The van der Waals surface area contributed by atoms with Gasteiger partial charge in [-0.2, -0.15) is 0 Å². The van der Waals surface area contributed by atoms with Crippen LogP contribution in [0.1, 0.15) is 5.56 Å². The average Bonchev–Trinajstić information content (AvgIpc) is 1.94. The van der Waals surface area contributed by atoms with Crippen molar-refractivity contribution in [3.63, 3.8) is 0 Å². The molecule has 3 heteroatoms. The zero-order valence-electron chi connectivity index (χ0n) is 5.14. The SMILES string of the molecule is FCc1cc(F)ccc1S. The quantitative estimate of drug-likeness (QED) is 0.600. The summed E-state index contributed by atoms with van der Waals surface area (Å²) >= 11 is 3.92. The maximum absolute atomic E-state index is 12.3. The van der Waals surface area contributed by atoms with Gasteiger partial charge in [-0.3, -0.25) is 0 Å². The van der Waals surface area contributed by atoms with Crippen LogP contribution < -0.4 is 0 Å². The molecule has 0 aromatic heterocycles.